The molecule has 7 heteroatoms. The Labute approximate surface area is 228 Å². The summed E-state index contributed by atoms with van der Waals surface area (Å²) in [6, 6.07) is -0.0706. The summed E-state index contributed by atoms with van der Waals surface area (Å²) in [7, 11) is 1.71. The molecule has 1 atom stereocenters. The van der Waals surface area contributed by atoms with Crippen molar-refractivity contribution in [2.75, 3.05) is 20.1 Å². The highest BCUT2D eigenvalue weighted by atomic mass is 16.5. The van der Waals surface area contributed by atoms with Crippen LogP contribution in [0.1, 0.15) is 80.9 Å². The van der Waals surface area contributed by atoms with Crippen LogP contribution in [-0.4, -0.2) is 58.0 Å². The summed E-state index contributed by atoms with van der Waals surface area (Å²) in [5.74, 6) is -0.174. The molecule has 0 radical (unpaired) electrons. The van der Waals surface area contributed by atoms with Gasteiger partial charge in [-0.05, 0) is 58.3 Å². The fourth-order valence-electron chi connectivity index (χ4n) is 4.18. The Morgan fingerprint density at radius 2 is 1.61 bits per heavy atom. The lowest BCUT2D eigenvalue weighted by atomic mass is 10.2. The molecule has 0 unspecified atom stereocenters. The van der Waals surface area contributed by atoms with E-state index in [4.69, 9.17) is 0 Å². The molecule has 0 aliphatic carbocycles. The Kier molecular flexibility index (Phi) is 14.5. The average Bonchev–Trinajstić information content (AvgIpc) is 3.40. The zero-order valence-electron chi connectivity index (χ0n) is 23.3. The number of aromatic nitrogens is 2. The van der Waals surface area contributed by atoms with E-state index in [0.717, 1.165) is 56.1 Å². The fraction of sp³-hybridized carbons (Fsp3) is 0.484. The van der Waals surface area contributed by atoms with Crippen LogP contribution in [0.25, 0.3) is 0 Å². The predicted octanol–water partition coefficient (Wildman–Crippen LogP) is 5.51. The molecule has 1 N–H and O–H groups in total. The van der Waals surface area contributed by atoms with Gasteiger partial charge in [0.05, 0.1) is 6.04 Å². The van der Waals surface area contributed by atoms with E-state index < -0.39 is 0 Å². The minimum Gasteiger partial charge on any atom is -0.341 e. The van der Waals surface area contributed by atoms with E-state index in [2.05, 4.69) is 72.7 Å². The van der Waals surface area contributed by atoms with Gasteiger partial charge in [-0.3, -0.25) is 14.8 Å². The molecular weight excluding hydrogens is 476 g/mol. The SMILES string of the molecule is CC/C=C\C/C=C\C/C=C\C/C=C\C/C=C\CCCC(=O)N1CC[C@H](N(C)C(=O)c2cnc(C)c[n+]2O)C1. The molecule has 206 valence electrons. The third kappa shape index (κ3) is 11.3. The second-order valence-corrected chi connectivity index (χ2v) is 9.56. The van der Waals surface area contributed by atoms with Gasteiger partial charge in [-0.15, -0.1) is 0 Å². The Bertz CT molecular complexity index is 1030. The van der Waals surface area contributed by atoms with Gasteiger partial charge in [-0.25, -0.2) is 4.98 Å². The number of allylic oxidation sites excluding steroid dienone is 10. The van der Waals surface area contributed by atoms with Crippen LogP contribution < -0.4 is 4.73 Å². The van der Waals surface area contributed by atoms with Crippen molar-refractivity contribution < 1.29 is 19.5 Å². The van der Waals surface area contributed by atoms with Gasteiger partial charge in [0.15, 0.2) is 0 Å². The zero-order valence-corrected chi connectivity index (χ0v) is 23.3. The molecule has 1 saturated heterocycles. The van der Waals surface area contributed by atoms with Gasteiger partial charge in [0.2, 0.25) is 12.1 Å². The van der Waals surface area contributed by atoms with E-state index in [-0.39, 0.29) is 23.6 Å². The molecule has 0 bridgehead atoms. The molecule has 0 spiro atoms. The van der Waals surface area contributed by atoms with E-state index in [1.807, 2.05) is 4.90 Å². The molecule has 1 aliphatic heterocycles. The van der Waals surface area contributed by atoms with Gasteiger partial charge in [-0.1, -0.05) is 67.7 Å². The van der Waals surface area contributed by atoms with E-state index in [0.29, 0.717) is 25.2 Å². The summed E-state index contributed by atoms with van der Waals surface area (Å²) in [6.45, 7) is 5.06. The monoisotopic (exact) mass is 521 g/mol. The first-order valence-corrected chi connectivity index (χ1v) is 13.8. The molecule has 1 fully saturated rings. The standard InChI is InChI=1S/C31H45N4O3/c1-4-5-6-7-8-9-10-11-12-13-14-15-16-17-18-19-20-21-30(36)34-23-22-28(26-34)33(3)31(37)29-24-32-27(2)25-35(29)38/h5-6,8-9,11-12,14-15,17-18,24-25,28H,4,7,10,13,16,19-23,26H2,1-3H3,(H,32,38)/q+1/b6-5-,9-8-,12-11-,15-14-,18-17-/t28-/m0/s1. The first-order chi connectivity index (χ1) is 18.4. The number of likely N-dealkylation sites (tertiary alicyclic amines) is 1. The van der Waals surface area contributed by atoms with Gasteiger partial charge >= 0.3 is 11.6 Å². The van der Waals surface area contributed by atoms with E-state index in [1.54, 1.807) is 18.9 Å². The van der Waals surface area contributed by atoms with Crippen molar-refractivity contribution in [3.8, 4) is 0 Å². The summed E-state index contributed by atoms with van der Waals surface area (Å²) in [5, 5.41) is 10.0. The van der Waals surface area contributed by atoms with Crippen molar-refractivity contribution in [1.82, 2.24) is 14.8 Å². The number of rotatable bonds is 15. The Morgan fingerprint density at radius 3 is 2.18 bits per heavy atom. The zero-order chi connectivity index (χ0) is 27.6. The van der Waals surface area contributed by atoms with Crippen molar-refractivity contribution in [3.63, 3.8) is 0 Å². The van der Waals surface area contributed by atoms with Crippen molar-refractivity contribution >= 4 is 11.8 Å². The Morgan fingerprint density at radius 1 is 1.03 bits per heavy atom. The van der Waals surface area contributed by atoms with Gasteiger partial charge in [0.25, 0.3) is 0 Å². The first-order valence-electron chi connectivity index (χ1n) is 13.8. The molecule has 7 nitrogen and oxygen atoms in total. The summed E-state index contributed by atoms with van der Waals surface area (Å²) in [6.07, 6.45) is 32.5. The van der Waals surface area contributed by atoms with Gasteiger partial charge in [-0.2, -0.15) is 0 Å². The molecule has 2 heterocycles. The van der Waals surface area contributed by atoms with E-state index in [1.165, 1.54) is 12.4 Å². The number of hydrogen-bond acceptors (Lipinski definition) is 4. The van der Waals surface area contributed by atoms with Crippen LogP contribution >= 0.6 is 0 Å². The Hall–Kier alpha value is -3.48. The number of hydrogen-bond donors (Lipinski definition) is 1. The molecule has 2 rings (SSSR count). The number of unbranched alkanes of at least 4 members (excludes halogenated alkanes) is 1. The lowest BCUT2D eigenvalue weighted by Gasteiger charge is -2.23. The minimum absolute atomic E-state index is 0.0706. The van der Waals surface area contributed by atoms with Crippen LogP contribution in [0, 0.1) is 6.92 Å². The maximum Gasteiger partial charge on any atom is 0.339 e. The van der Waals surface area contributed by atoms with E-state index in [9.17, 15) is 14.8 Å². The van der Waals surface area contributed by atoms with Crippen molar-refractivity contribution in [2.24, 2.45) is 0 Å². The lowest BCUT2D eigenvalue weighted by Crippen LogP contribution is -2.46. The van der Waals surface area contributed by atoms with Gasteiger partial charge in [0.1, 0.15) is 11.9 Å². The maximum absolute atomic E-state index is 12.8. The maximum atomic E-state index is 12.8. The summed E-state index contributed by atoms with van der Waals surface area (Å²) < 4.78 is 0.813. The molecular formula is C31H45N4O3+. The third-order valence-corrected chi connectivity index (χ3v) is 6.47. The molecule has 2 amide bonds. The van der Waals surface area contributed by atoms with Crippen LogP contribution in [0.5, 0.6) is 0 Å². The number of aryl methyl sites for hydroxylation is 1. The van der Waals surface area contributed by atoms with Gasteiger partial charge < -0.3 is 9.80 Å². The number of amides is 2. The van der Waals surface area contributed by atoms with Crippen LogP contribution in [0.3, 0.4) is 0 Å². The Balaban J connectivity index is 1.57. The molecule has 1 aliphatic rings. The smallest absolute Gasteiger partial charge is 0.339 e. The van der Waals surface area contributed by atoms with Gasteiger partial charge in [0, 0.05) is 31.3 Å². The second kappa shape index (κ2) is 17.9. The van der Waals surface area contributed by atoms with Crippen LogP contribution in [-0.2, 0) is 4.79 Å². The molecule has 0 saturated carbocycles. The topological polar surface area (TPSA) is 77.6 Å². The normalized spacial score (nSPS) is 16.3. The number of carbonyl (C=O) groups is 2. The van der Waals surface area contributed by atoms with Crippen LogP contribution in [0.15, 0.2) is 73.2 Å². The molecule has 1 aromatic heterocycles. The van der Waals surface area contributed by atoms with E-state index >= 15 is 0 Å². The predicted molar refractivity (Wildman–Crippen MR) is 152 cm³/mol. The lowest BCUT2D eigenvalue weighted by molar-refractivity contribution is -0.906. The highest BCUT2D eigenvalue weighted by Gasteiger charge is 2.34. The highest BCUT2D eigenvalue weighted by Crippen LogP contribution is 2.17. The average molecular weight is 522 g/mol. The van der Waals surface area contributed by atoms with Crippen LogP contribution in [0.4, 0.5) is 0 Å². The second-order valence-electron chi connectivity index (χ2n) is 9.56. The largest absolute Gasteiger partial charge is 0.341 e. The molecule has 0 aromatic carbocycles. The highest BCUT2D eigenvalue weighted by molar-refractivity contribution is 5.90. The summed E-state index contributed by atoms with van der Waals surface area (Å²) in [5.41, 5.74) is 0.730. The first kappa shape index (κ1) is 30.7. The quantitative estimate of drug-likeness (QED) is 0.143. The van der Waals surface area contributed by atoms with Crippen molar-refractivity contribution in [2.45, 2.75) is 77.7 Å². The summed E-state index contributed by atoms with van der Waals surface area (Å²) >= 11 is 0. The molecule has 1 aromatic rings. The fourth-order valence-corrected chi connectivity index (χ4v) is 4.18. The number of nitrogens with zero attached hydrogens (tertiary/aromatic N) is 4. The van der Waals surface area contributed by atoms with Crippen LogP contribution in [0.2, 0.25) is 0 Å². The number of carbonyl (C=O) groups excluding carboxylic acids is 2. The minimum atomic E-state index is -0.308. The molecule has 38 heavy (non-hydrogen) atoms. The number of likely N-dealkylation sites (N-methyl/N-ethyl adjacent to an activating group) is 1. The van der Waals surface area contributed by atoms with Crippen molar-refractivity contribution in [1.29, 1.82) is 0 Å². The third-order valence-electron chi connectivity index (χ3n) is 6.47. The summed E-state index contributed by atoms with van der Waals surface area (Å²) in [4.78, 5) is 32.9. The van der Waals surface area contributed by atoms with Crippen molar-refractivity contribution in [3.05, 3.63) is 84.5 Å².